The number of rotatable bonds is 0. The Bertz CT molecular complexity index is 382. The fraction of sp³-hybridized carbons (Fsp3) is 0.0909. The zero-order valence-corrected chi connectivity index (χ0v) is 6.84. The monoisotopic (exact) mass is 160 g/mol. The molecular weight excluding hydrogens is 151 g/mol. The number of aryl methyl sites for hydroxylation is 1. The highest BCUT2D eigenvalue weighted by molar-refractivity contribution is 5.85. The van der Waals surface area contributed by atoms with E-state index in [0.717, 1.165) is 16.3 Å². The third-order valence-electron chi connectivity index (χ3n) is 2.06. The Labute approximate surface area is 70.6 Å². The van der Waals surface area contributed by atoms with E-state index in [1.54, 1.807) is 6.07 Å². The summed E-state index contributed by atoms with van der Waals surface area (Å²) >= 11 is 0. The molecule has 0 bridgehead atoms. The zero-order valence-electron chi connectivity index (χ0n) is 6.84. The van der Waals surface area contributed by atoms with Crippen molar-refractivity contribution < 1.29 is 4.39 Å². The Morgan fingerprint density at radius 3 is 2.33 bits per heavy atom. The second-order valence-electron chi connectivity index (χ2n) is 2.91. The second kappa shape index (κ2) is 2.59. The summed E-state index contributed by atoms with van der Waals surface area (Å²) in [4.78, 5) is 0. The lowest BCUT2D eigenvalue weighted by atomic mass is 10.1. The van der Waals surface area contributed by atoms with Crippen LogP contribution in [0, 0.1) is 12.7 Å². The van der Waals surface area contributed by atoms with Crippen LogP contribution in [0.25, 0.3) is 10.8 Å². The van der Waals surface area contributed by atoms with Crippen molar-refractivity contribution in [3.05, 3.63) is 47.8 Å². The molecule has 0 aromatic heterocycles. The molecule has 0 fully saturated rings. The normalized spacial score (nSPS) is 10.5. The molecule has 1 heteroatoms. The third-order valence-corrected chi connectivity index (χ3v) is 2.06. The maximum atomic E-state index is 13.2. The van der Waals surface area contributed by atoms with Gasteiger partial charge >= 0.3 is 0 Å². The van der Waals surface area contributed by atoms with Crippen LogP contribution in [0.5, 0.6) is 0 Å². The van der Waals surface area contributed by atoms with Gasteiger partial charge in [-0.1, -0.05) is 30.3 Å². The Morgan fingerprint density at radius 1 is 1.00 bits per heavy atom. The predicted octanol–water partition coefficient (Wildman–Crippen LogP) is 3.29. The quantitative estimate of drug-likeness (QED) is 0.554. The summed E-state index contributed by atoms with van der Waals surface area (Å²) in [7, 11) is 0. The van der Waals surface area contributed by atoms with Crippen molar-refractivity contribution in [1.82, 2.24) is 0 Å². The second-order valence-corrected chi connectivity index (χ2v) is 2.91. The molecule has 0 aliphatic rings. The number of hydrogen-bond donors (Lipinski definition) is 0. The molecule has 0 atom stereocenters. The average Bonchev–Trinajstić information content (AvgIpc) is 2.04. The van der Waals surface area contributed by atoms with Crippen molar-refractivity contribution in [2.45, 2.75) is 6.92 Å². The Hall–Kier alpha value is -1.37. The van der Waals surface area contributed by atoms with Crippen LogP contribution in [-0.2, 0) is 0 Å². The van der Waals surface area contributed by atoms with Crippen LogP contribution in [0.2, 0.25) is 0 Å². The van der Waals surface area contributed by atoms with E-state index in [-0.39, 0.29) is 5.82 Å². The first-order valence-electron chi connectivity index (χ1n) is 3.93. The highest BCUT2D eigenvalue weighted by Crippen LogP contribution is 2.20. The largest absolute Gasteiger partial charge is 0.206 e. The van der Waals surface area contributed by atoms with Crippen LogP contribution in [0.15, 0.2) is 36.4 Å². The van der Waals surface area contributed by atoms with E-state index in [9.17, 15) is 4.39 Å². The van der Waals surface area contributed by atoms with E-state index in [4.69, 9.17) is 0 Å². The van der Waals surface area contributed by atoms with Gasteiger partial charge in [0.1, 0.15) is 5.82 Å². The molecule has 0 radical (unpaired) electrons. The lowest BCUT2D eigenvalue weighted by Crippen LogP contribution is -1.82. The third kappa shape index (κ3) is 0.981. The summed E-state index contributed by atoms with van der Waals surface area (Å²) in [5.41, 5.74) is 0.991. The molecule has 0 saturated heterocycles. The minimum Gasteiger partial charge on any atom is -0.206 e. The molecule has 0 N–H and O–H groups in total. The summed E-state index contributed by atoms with van der Waals surface area (Å²) in [5.74, 6) is -0.134. The summed E-state index contributed by atoms with van der Waals surface area (Å²) in [6, 6.07) is 10.9. The zero-order chi connectivity index (χ0) is 8.55. The Balaban J connectivity index is 2.96. The number of benzene rings is 2. The van der Waals surface area contributed by atoms with E-state index in [0.29, 0.717) is 0 Å². The van der Waals surface area contributed by atoms with Crippen molar-refractivity contribution in [3.63, 3.8) is 0 Å². The highest BCUT2D eigenvalue weighted by atomic mass is 19.1. The van der Waals surface area contributed by atoms with Crippen LogP contribution in [0.3, 0.4) is 0 Å². The Morgan fingerprint density at radius 2 is 1.67 bits per heavy atom. The highest BCUT2D eigenvalue weighted by Gasteiger charge is 2.00. The van der Waals surface area contributed by atoms with Crippen molar-refractivity contribution in [1.29, 1.82) is 0 Å². The molecule has 0 nitrogen and oxygen atoms in total. The molecule has 2 aromatic carbocycles. The summed E-state index contributed by atoms with van der Waals surface area (Å²) in [6.45, 7) is 1.92. The maximum absolute atomic E-state index is 13.2. The van der Waals surface area contributed by atoms with Gasteiger partial charge in [-0.2, -0.15) is 0 Å². The minimum absolute atomic E-state index is 0.134. The predicted molar refractivity (Wildman–Crippen MR) is 48.6 cm³/mol. The van der Waals surface area contributed by atoms with E-state index < -0.39 is 0 Å². The van der Waals surface area contributed by atoms with Gasteiger partial charge in [0, 0.05) is 5.39 Å². The van der Waals surface area contributed by atoms with Crippen molar-refractivity contribution in [2.75, 3.05) is 0 Å². The molecule has 0 amide bonds. The van der Waals surface area contributed by atoms with Crippen LogP contribution in [-0.4, -0.2) is 0 Å². The summed E-state index contributed by atoms with van der Waals surface area (Å²) < 4.78 is 13.2. The molecule has 0 aliphatic carbocycles. The smallest absolute Gasteiger partial charge is 0.131 e. The molecule has 2 rings (SSSR count). The van der Waals surface area contributed by atoms with Gasteiger partial charge in [-0.05, 0) is 23.9 Å². The topological polar surface area (TPSA) is 0 Å². The van der Waals surface area contributed by atoms with Gasteiger partial charge in [0.05, 0.1) is 0 Å². The van der Waals surface area contributed by atoms with E-state index in [1.165, 1.54) is 6.07 Å². The lowest BCUT2D eigenvalue weighted by Gasteiger charge is -2.01. The first-order chi connectivity index (χ1) is 5.79. The van der Waals surface area contributed by atoms with Crippen molar-refractivity contribution >= 4 is 10.8 Å². The van der Waals surface area contributed by atoms with E-state index in [1.807, 2.05) is 31.2 Å². The first kappa shape index (κ1) is 7.29. The molecule has 60 valence electrons. The van der Waals surface area contributed by atoms with Gasteiger partial charge in [0.15, 0.2) is 0 Å². The molecule has 2 aromatic rings. The fourth-order valence-electron chi connectivity index (χ4n) is 1.48. The van der Waals surface area contributed by atoms with E-state index >= 15 is 0 Å². The molecule has 0 spiro atoms. The van der Waals surface area contributed by atoms with Crippen LogP contribution >= 0.6 is 0 Å². The van der Waals surface area contributed by atoms with Gasteiger partial charge in [-0.15, -0.1) is 0 Å². The van der Waals surface area contributed by atoms with E-state index in [2.05, 4.69) is 0 Å². The molecule has 12 heavy (non-hydrogen) atoms. The molecule has 0 saturated carbocycles. The van der Waals surface area contributed by atoms with Crippen molar-refractivity contribution in [3.8, 4) is 0 Å². The van der Waals surface area contributed by atoms with Crippen LogP contribution < -0.4 is 0 Å². The summed E-state index contributed by atoms with van der Waals surface area (Å²) in [5, 5.41) is 1.70. The van der Waals surface area contributed by atoms with Gasteiger partial charge in [-0.3, -0.25) is 0 Å². The first-order valence-corrected chi connectivity index (χ1v) is 3.93. The molecule has 0 unspecified atom stereocenters. The minimum atomic E-state index is -0.134. The van der Waals surface area contributed by atoms with Gasteiger partial charge in [0.2, 0.25) is 0 Å². The van der Waals surface area contributed by atoms with Crippen molar-refractivity contribution in [2.24, 2.45) is 0 Å². The lowest BCUT2D eigenvalue weighted by molar-refractivity contribution is 0.639. The number of fused-ring (bicyclic) bond motifs is 1. The number of hydrogen-bond acceptors (Lipinski definition) is 0. The van der Waals surface area contributed by atoms with Crippen LogP contribution in [0.1, 0.15) is 5.56 Å². The molecule has 0 aliphatic heterocycles. The SMILES string of the molecule is Cc1cccc2cccc(F)c12. The van der Waals surface area contributed by atoms with Gasteiger partial charge in [0.25, 0.3) is 0 Å². The average molecular weight is 160 g/mol. The van der Waals surface area contributed by atoms with Gasteiger partial charge in [-0.25, -0.2) is 4.39 Å². The molecular formula is C11H9F. The van der Waals surface area contributed by atoms with Gasteiger partial charge < -0.3 is 0 Å². The maximum Gasteiger partial charge on any atom is 0.131 e. The Kier molecular flexibility index (Phi) is 1.58. The standard InChI is InChI=1S/C11H9F/c1-8-4-2-5-9-6-3-7-10(12)11(8)9/h2-7H,1H3. The fourth-order valence-corrected chi connectivity index (χ4v) is 1.48. The summed E-state index contributed by atoms with van der Waals surface area (Å²) in [6.07, 6.45) is 0. The molecule has 0 heterocycles. The van der Waals surface area contributed by atoms with Crippen LogP contribution in [0.4, 0.5) is 4.39 Å². The number of halogens is 1.